The molecule has 0 aliphatic rings. The summed E-state index contributed by atoms with van der Waals surface area (Å²) in [5.74, 6) is 0. The van der Waals surface area contributed by atoms with E-state index in [1.165, 1.54) is 0 Å². The molecule has 0 fully saturated rings. The van der Waals surface area contributed by atoms with E-state index in [0.717, 1.165) is 27.8 Å². The van der Waals surface area contributed by atoms with E-state index in [1.54, 1.807) is 11.3 Å². The summed E-state index contributed by atoms with van der Waals surface area (Å²) in [5.41, 5.74) is 9.59. The van der Waals surface area contributed by atoms with E-state index >= 15 is 0 Å². The summed E-state index contributed by atoms with van der Waals surface area (Å²) in [6.45, 7) is 6.77. The van der Waals surface area contributed by atoms with Gasteiger partial charge in [0.2, 0.25) is 5.13 Å². The molecule has 0 aliphatic heterocycles. The van der Waals surface area contributed by atoms with Gasteiger partial charge in [0.1, 0.15) is 5.69 Å². The molecule has 3 aromatic rings. The topological polar surface area (TPSA) is 69.6 Å². The summed E-state index contributed by atoms with van der Waals surface area (Å²) in [6, 6.07) is 10.1. The van der Waals surface area contributed by atoms with Gasteiger partial charge < -0.3 is 5.73 Å². The lowest BCUT2D eigenvalue weighted by Gasteiger charge is -2.19. The van der Waals surface area contributed by atoms with Crippen LogP contribution in [0.5, 0.6) is 0 Å². The molecule has 2 N–H and O–H groups in total. The monoisotopic (exact) mass is 313 g/mol. The molecular weight excluding hydrogens is 294 g/mol. The first kappa shape index (κ1) is 14.9. The van der Waals surface area contributed by atoms with E-state index in [1.807, 2.05) is 28.3 Å². The minimum atomic E-state index is -0.100. The minimum absolute atomic E-state index is 0.100. The molecule has 3 rings (SSSR count). The third-order valence-corrected chi connectivity index (χ3v) is 4.20. The molecule has 0 aliphatic carbocycles. The summed E-state index contributed by atoms with van der Waals surface area (Å²) in [7, 11) is 0. The Morgan fingerprint density at radius 1 is 1.18 bits per heavy atom. The van der Waals surface area contributed by atoms with E-state index in [0.29, 0.717) is 6.54 Å². The lowest BCUT2D eigenvalue weighted by Crippen LogP contribution is -2.20. The molecule has 0 amide bonds. The van der Waals surface area contributed by atoms with Crippen LogP contribution < -0.4 is 5.73 Å². The van der Waals surface area contributed by atoms with Gasteiger partial charge in [0.25, 0.3) is 0 Å². The number of hydrogen-bond donors (Lipinski definition) is 1. The van der Waals surface area contributed by atoms with Gasteiger partial charge in [0, 0.05) is 22.9 Å². The average Bonchev–Trinajstić information content (AvgIpc) is 3.14. The first-order valence-electron chi connectivity index (χ1n) is 7.17. The van der Waals surface area contributed by atoms with Crippen LogP contribution in [-0.2, 0) is 12.0 Å². The van der Waals surface area contributed by atoms with Crippen molar-refractivity contribution in [3.05, 3.63) is 47.1 Å². The molecular formula is C16H19N5S. The predicted molar refractivity (Wildman–Crippen MR) is 89.1 cm³/mol. The standard InChI is InChI=1S/C16H19N5S/c1-16(2,3)14-12(9-17)19-20-21(14)15-18-13(10-22-15)11-7-5-4-6-8-11/h4-8,10H,9,17H2,1-3H3. The van der Waals surface area contributed by atoms with Gasteiger partial charge in [0.15, 0.2) is 0 Å². The van der Waals surface area contributed by atoms with Crippen molar-refractivity contribution < 1.29 is 0 Å². The van der Waals surface area contributed by atoms with Crippen LogP contribution in [0.1, 0.15) is 32.2 Å². The van der Waals surface area contributed by atoms with Crippen molar-refractivity contribution in [1.29, 1.82) is 0 Å². The molecule has 0 unspecified atom stereocenters. The Kier molecular flexibility index (Phi) is 3.80. The zero-order valence-electron chi connectivity index (χ0n) is 12.9. The van der Waals surface area contributed by atoms with Crippen molar-refractivity contribution >= 4 is 11.3 Å². The van der Waals surface area contributed by atoms with Crippen molar-refractivity contribution in [2.24, 2.45) is 5.73 Å². The van der Waals surface area contributed by atoms with Crippen LogP contribution in [0.3, 0.4) is 0 Å². The Labute approximate surface area is 133 Å². The summed E-state index contributed by atoms with van der Waals surface area (Å²) in [6.07, 6.45) is 0. The van der Waals surface area contributed by atoms with Crippen molar-refractivity contribution in [2.45, 2.75) is 32.7 Å². The Bertz CT molecular complexity index is 767. The quantitative estimate of drug-likeness (QED) is 0.806. The average molecular weight is 313 g/mol. The fourth-order valence-electron chi connectivity index (χ4n) is 2.44. The summed E-state index contributed by atoms with van der Waals surface area (Å²) >= 11 is 1.56. The van der Waals surface area contributed by atoms with Crippen molar-refractivity contribution in [3.63, 3.8) is 0 Å². The SMILES string of the molecule is CC(C)(C)c1c(CN)nnn1-c1nc(-c2ccccc2)cs1. The number of nitrogens with zero attached hydrogens (tertiary/aromatic N) is 4. The van der Waals surface area contributed by atoms with Crippen LogP contribution in [0.4, 0.5) is 0 Å². The highest BCUT2D eigenvalue weighted by Gasteiger charge is 2.26. The first-order chi connectivity index (χ1) is 10.5. The van der Waals surface area contributed by atoms with Gasteiger partial charge in [-0.2, -0.15) is 4.68 Å². The van der Waals surface area contributed by atoms with Crippen LogP contribution in [-0.4, -0.2) is 20.0 Å². The highest BCUT2D eigenvalue weighted by atomic mass is 32.1. The maximum absolute atomic E-state index is 5.80. The molecule has 0 saturated heterocycles. The van der Waals surface area contributed by atoms with Gasteiger partial charge in [-0.3, -0.25) is 0 Å². The van der Waals surface area contributed by atoms with E-state index in [9.17, 15) is 0 Å². The summed E-state index contributed by atoms with van der Waals surface area (Å²) in [5, 5.41) is 11.3. The second-order valence-corrected chi connectivity index (χ2v) is 6.97. The Morgan fingerprint density at radius 2 is 1.91 bits per heavy atom. The molecule has 1 aromatic carbocycles. The fourth-order valence-corrected chi connectivity index (χ4v) is 3.22. The maximum Gasteiger partial charge on any atom is 0.212 e. The number of aromatic nitrogens is 4. The van der Waals surface area contributed by atoms with Crippen LogP contribution in [0.2, 0.25) is 0 Å². The smallest absolute Gasteiger partial charge is 0.212 e. The van der Waals surface area contributed by atoms with E-state index in [2.05, 4.69) is 43.2 Å². The molecule has 0 radical (unpaired) electrons. The number of thiazole rings is 1. The van der Waals surface area contributed by atoms with Gasteiger partial charge in [-0.1, -0.05) is 56.3 Å². The highest BCUT2D eigenvalue weighted by molar-refractivity contribution is 7.12. The third-order valence-electron chi connectivity index (χ3n) is 3.39. The molecule has 0 atom stereocenters. The van der Waals surface area contributed by atoms with Crippen molar-refractivity contribution in [1.82, 2.24) is 20.0 Å². The van der Waals surface area contributed by atoms with E-state index < -0.39 is 0 Å². The van der Waals surface area contributed by atoms with Gasteiger partial charge in [0.05, 0.1) is 11.4 Å². The second-order valence-electron chi connectivity index (χ2n) is 6.13. The fraction of sp³-hybridized carbons (Fsp3) is 0.312. The van der Waals surface area contributed by atoms with Crippen molar-refractivity contribution in [2.75, 3.05) is 0 Å². The molecule has 0 saturated carbocycles. The Morgan fingerprint density at radius 3 is 2.55 bits per heavy atom. The number of hydrogen-bond acceptors (Lipinski definition) is 5. The first-order valence-corrected chi connectivity index (χ1v) is 8.05. The molecule has 0 bridgehead atoms. The maximum atomic E-state index is 5.80. The Hall–Kier alpha value is -2.05. The second kappa shape index (κ2) is 5.62. The number of rotatable bonds is 3. The zero-order chi connectivity index (χ0) is 15.7. The van der Waals surface area contributed by atoms with Crippen LogP contribution >= 0.6 is 11.3 Å². The molecule has 5 nitrogen and oxygen atoms in total. The highest BCUT2D eigenvalue weighted by Crippen LogP contribution is 2.30. The largest absolute Gasteiger partial charge is 0.325 e. The van der Waals surface area contributed by atoms with Crippen LogP contribution in [0.15, 0.2) is 35.7 Å². The molecule has 6 heteroatoms. The van der Waals surface area contributed by atoms with Gasteiger partial charge in [-0.15, -0.1) is 16.4 Å². The Balaban J connectivity index is 2.06. The molecule has 2 aromatic heterocycles. The molecule has 114 valence electrons. The predicted octanol–water partition coefficient (Wildman–Crippen LogP) is 3.15. The molecule has 2 heterocycles. The van der Waals surface area contributed by atoms with E-state index in [4.69, 9.17) is 10.7 Å². The molecule has 22 heavy (non-hydrogen) atoms. The van der Waals surface area contributed by atoms with Gasteiger partial charge in [-0.05, 0) is 0 Å². The van der Waals surface area contributed by atoms with Gasteiger partial charge >= 0.3 is 0 Å². The zero-order valence-corrected chi connectivity index (χ0v) is 13.8. The summed E-state index contributed by atoms with van der Waals surface area (Å²) in [4.78, 5) is 4.71. The normalized spacial score (nSPS) is 11.8. The molecule has 0 spiro atoms. The van der Waals surface area contributed by atoms with Crippen LogP contribution in [0.25, 0.3) is 16.4 Å². The van der Waals surface area contributed by atoms with Gasteiger partial charge in [-0.25, -0.2) is 4.98 Å². The van der Waals surface area contributed by atoms with E-state index in [-0.39, 0.29) is 5.41 Å². The third kappa shape index (κ3) is 2.67. The minimum Gasteiger partial charge on any atom is -0.325 e. The number of nitrogens with two attached hydrogens (primary N) is 1. The van der Waals surface area contributed by atoms with Crippen LogP contribution in [0, 0.1) is 0 Å². The lowest BCUT2D eigenvalue weighted by atomic mass is 9.90. The summed E-state index contributed by atoms with van der Waals surface area (Å²) < 4.78 is 1.82. The lowest BCUT2D eigenvalue weighted by molar-refractivity contribution is 0.537. The number of benzene rings is 1. The van der Waals surface area contributed by atoms with Crippen molar-refractivity contribution in [3.8, 4) is 16.4 Å².